The van der Waals surface area contributed by atoms with Crippen LogP contribution in [0, 0.1) is 6.92 Å². The SMILES string of the molecule is Cc1ccc(CN[C@@H](CO)c2ccccc2)cc1Cl. The molecule has 0 aliphatic carbocycles. The second-order valence-corrected chi connectivity index (χ2v) is 5.02. The van der Waals surface area contributed by atoms with Crippen LogP contribution in [-0.4, -0.2) is 11.7 Å². The largest absolute Gasteiger partial charge is 0.394 e. The van der Waals surface area contributed by atoms with Crippen molar-refractivity contribution < 1.29 is 5.11 Å². The summed E-state index contributed by atoms with van der Waals surface area (Å²) in [4.78, 5) is 0. The highest BCUT2D eigenvalue weighted by Crippen LogP contribution is 2.18. The van der Waals surface area contributed by atoms with Crippen molar-refractivity contribution in [3.63, 3.8) is 0 Å². The lowest BCUT2D eigenvalue weighted by molar-refractivity contribution is 0.243. The van der Waals surface area contributed by atoms with Crippen LogP contribution in [0.3, 0.4) is 0 Å². The third-order valence-electron chi connectivity index (χ3n) is 3.17. The Kier molecular flexibility index (Phi) is 4.97. The van der Waals surface area contributed by atoms with Gasteiger partial charge in [-0.05, 0) is 29.7 Å². The van der Waals surface area contributed by atoms with E-state index in [1.165, 1.54) is 0 Å². The lowest BCUT2D eigenvalue weighted by Crippen LogP contribution is -2.23. The molecule has 0 fully saturated rings. The molecule has 0 saturated carbocycles. The van der Waals surface area contributed by atoms with Crippen LogP contribution in [0.2, 0.25) is 5.02 Å². The number of halogens is 1. The second-order valence-electron chi connectivity index (χ2n) is 4.61. The van der Waals surface area contributed by atoms with Crippen LogP contribution in [0.4, 0.5) is 0 Å². The molecule has 0 aliphatic heterocycles. The molecule has 100 valence electrons. The highest BCUT2D eigenvalue weighted by molar-refractivity contribution is 6.31. The first-order valence-corrected chi connectivity index (χ1v) is 6.72. The highest BCUT2D eigenvalue weighted by Gasteiger charge is 2.09. The molecule has 0 heterocycles. The van der Waals surface area contributed by atoms with Gasteiger partial charge in [-0.25, -0.2) is 0 Å². The molecule has 19 heavy (non-hydrogen) atoms. The molecule has 0 bridgehead atoms. The molecule has 0 aromatic heterocycles. The maximum atomic E-state index is 9.47. The molecular formula is C16H18ClNO. The summed E-state index contributed by atoms with van der Waals surface area (Å²) in [7, 11) is 0. The second kappa shape index (κ2) is 6.71. The van der Waals surface area contributed by atoms with Gasteiger partial charge in [-0.2, -0.15) is 0 Å². The van der Waals surface area contributed by atoms with Gasteiger partial charge in [0.15, 0.2) is 0 Å². The van der Waals surface area contributed by atoms with Crippen molar-refractivity contribution in [2.45, 2.75) is 19.5 Å². The van der Waals surface area contributed by atoms with Gasteiger partial charge in [-0.3, -0.25) is 0 Å². The van der Waals surface area contributed by atoms with E-state index in [4.69, 9.17) is 11.6 Å². The molecule has 0 radical (unpaired) electrons. The Bertz CT molecular complexity index is 528. The summed E-state index contributed by atoms with van der Waals surface area (Å²) in [5.41, 5.74) is 3.28. The Morgan fingerprint density at radius 2 is 1.89 bits per heavy atom. The van der Waals surface area contributed by atoms with Crippen LogP contribution in [0.5, 0.6) is 0 Å². The fraction of sp³-hybridized carbons (Fsp3) is 0.250. The lowest BCUT2D eigenvalue weighted by Gasteiger charge is -2.17. The van der Waals surface area contributed by atoms with E-state index in [2.05, 4.69) is 5.32 Å². The number of rotatable bonds is 5. The predicted octanol–water partition coefficient (Wildman–Crippen LogP) is 3.47. The monoisotopic (exact) mass is 275 g/mol. The molecule has 2 N–H and O–H groups in total. The summed E-state index contributed by atoms with van der Waals surface area (Å²) in [5.74, 6) is 0. The number of hydrogen-bond acceptors (Lipinski definition) is 2. The Labute approximate surface area is 119 Å². The van der Waals surface area contributed by atoms with Crippen LogP contribution in [0.1, 0.15) is 22.7 Å². The third-order valence-corrected chi connectivity index (χ3v) is 3.58. The lowest BCUT2D eigenvalue weighted by atomic mass is 10.1. The first kappa shape index (κ1) is 14.1. The van der Waals surface area contributed by atoms with Gasteiger partial charge < -0.3 is 10.4 Å². The highest BCUT2D eigenvalue weighted by atomic mass is 35.5. The van der Waals surface area contributed by atoms with E-state index in [0.717, 1.165) is 21.7 Å². The molecule has 2 rings (SSSR count). The van der Waals surface area contributed by atoms with Gasteiger partial charge in [0.1, 0.15) is 0 Å². The zero-order valence-electron chi connectivity index (χ0n) is 10.9. The van der Waals surface area contributed by atoms with Crippen LogP contribution >= 0.6 is 11.6 Å². The van der Waals surface area contributed by atoms with Crippen molar-refractivity contribution in [3.05, 3.63) is 70.2 Å². The van der Waals surface area contributed by atoms with Gasteiger partial charge in [0.25, 0.3) is 0 Å². The molecule has 2 aromatic rings. The van der Waals surface area contributed by atoms with E-state index < -0.39 is 0 Å². The van der Waals surface area contributed by atoms with Gasteiger partial charge in [0.05, 0.1) is 12.6 Å². The molecule has 2 aromatic carbocycles. The number of nitrogens with one attached hydrogen (secondary N) is 1. The van der Waals surface area contributed by atoms with Crippen molar-refractivity contribution in [2.24, 2.45) is 0 Å². The Hall–Kier alpha value is -1.35. The number of aryl methyl sites for hydroxylation is 1. The number of aliphatic hydroxyl groups excluding tert-OH is 1. The molecule has 0 spiro atoms. The van der Waals surface area contributed by atoms with Gasteiger partial charge in [-0.15, -0.1) is 0 Å². The number of hydrogen-bond donors (Lipinski definition) is 2. The molecule has 0 aliphatic rings. The number of benzene rings is 2. The van der Waals surface area contributed by atoms with Crippen molar-refractivity contribution in [1.82, 2.24) is 5.32 Å². The van der Waals surface area contributed by atoms with Gasteiger partial charge in [-0.1, -0.05) is 54.1 Å². The third kappa shape index (κ3) is 3.80. The first-order chi connectivity index (χ1) is 9.20. The van der Waals surface area contributed by atoms with E-state index in [1.54, 1.807) is 0 Å². The zero-order valence-corrected chi connectivity index (χ0v) is 11.7. The predicted molar refractivity (Wildman–Crippen MR) is 79.3 cm³/mol. The first-order valence-electron chi connectivity index (χ1n) is 6.35. The Balaban J connectivity index is 2.02. The van der Waals surface area contributed by atoms with Gasteiger partial charge >= 0.3 is 0 Å². The van der Waals surface area contributed by atoms with Crippen molar-refractivity contribution in [2.75, 3.05) is 6.61 Å². The minimum absolute atomic E-state index is 0.0544. The maximum Gasteiger partial charge on any atom is 0.0626 e. The van der Waals surface area contributed by atoms with E-state index in [1.807, 2.05) is 55.5 Å². The fourth-order valence-corrected chi connectivity index (χ4v) is 2.16. The van der Waals surface area contributed by atoms with Crippen LogP contribution < -0.4 is 5.32 Å². The number of aliphatic hydroxyl groups is 1. The summed E-state index contributed by atoms with van der Waals surface area (Å²) in [6.07, 6.45) is 0. The van der Waals surface area contributed by atoms with Crippen molar-refractivity contribution >= 4 is 11.6 Å². The van der Waals surface area contributed by atoms with Crippen LogP contribution in [0.15, 0.2) is 48.5 Å². The Morgan fingerprint density at radius 3 is 2.53 bits per heavy atom. The fourth-order valence-electron chi connectivity index (χ4n) is 1.96. The molecular weight excluding hydrogens is 258 g/mol. The zero-order chi connectivity index (χ0) is 13.7. The molecule has 2 nitrogen and oxygen atoms in total. The topological polar surface area (TPSA) is 32.3 Å². The Morgan fingerprint density at radius 1 is 1.16 bits per heavy atom. The quantitative estimate of drug-likeness (QED) is 0.876. The molecule has 3 heteroatoms. The average Bonchev–Trinajstić information content (AvgIpc) is 2.44. The van der Waals surface area contributed by atoms with Crippen LogP contribution in [0.25, 0.3) is 0 Å². The summed E-state index contributed by atoms with van der Waals surface area (Å²) >= 11 is 6.10. The van der Waals surface area contributed by atoms with E-state index >= 15 is 0 Å². The summed E-state index contributed by atoms with van der Waals surface area (Å²) < 4.78 is 0. The molecule has 0 saturated heterocycles. The minimum atomic E-state index is -0.0544. The summed E-state index contributed by atoms with van der Waals surface area (Å²) in [6, 6.07) is 15.9. The van der Waals surface area contributed by atoms with E-state index in [0.29, 0.717) is 6.54 Å². The maximum absolute atomic E-state index is 9.47. The molecule has 0 amide bonds. The summed E-state index contributed by atoms with van der Waals surface area (Å²) in [5, 5.41) is 13.6. The average molecular weight is 276 g/mol. The van der Waals surface area contributed by atoms with Gasteiger partial charge in [0, 0.05) is 11.6 Å². The molecule has 0 unspecified atom stereocenters. The van der Waals surface area contributed by atoms with Crippen LogP contribution in [-0.2, 0) is 6.54 Å². The van der Waals surface area contributed by atoms with Crippen molar-refractivity contribution in [1.29, 1.82) is 0 Å². The minimum Gasteiger partial charge on any atom is -0.394 e. The van der Waals surface area contributed by atoms with E-state index in [9.17, 15) is 5.11 Å². The summed E-state index contributed by atoms with van der Waals surface area (Å²) in [6.45, 7) is 2.74. The standard InChI is InChI=1S/C16H18ClNO/c1-12-7-8-13(9-15(12)17)10-18-16(11-19)14-5-3-2-4-6-14/h2-9,16,18-19H,10-11H2,1H3/t16-/m0/s1. The smallest absolute Gasteiger partial charge is 0.0626 e. The normalized spacial score (nSPS) is 12.4. The van der Waals surface area contributed by atoms with E-state index in [-0.39, 0.29) is 12.6 Å². The molecule has 1 atom stereocenters. The van der Waals surface area contributed by atoms with Crippen molar-refractivity contribution in [3.8, 4) is 0 Å². The van der Waals surface area contributed by atoms with Gasteiger partial charge in [0.2, 0.25) is 0 Å².